The molecule has 4 atom stereocenters. The molecule has 1 nitrogen and oxygen atoms in total. The van der Waals surface area contributed by atoms with Crippen LogP contribution in [-0.4, -0.2) is 6.04 Å². The number of hydrogen-bond acceptors (Lipinski definition) is 1. The number of fused-ring (bicyclic) bond motifs is 2. The van der Waals surface area contributed by atoms with Gasteiger partial charge in [0.25, 0.3) is 0 Å². The number of nitrogens with two attached hydrogens (primary N) is 1. The Balaban J connectivity index is 2.00. The van der Waals surface area contributed by atoms with Crippen LogP contribution in [0.4, 0.5) is 0 Å². The van der Waals surface area contributed by atoms with Crippen LogP contribution in [0, 0.1) is 17.8 Å². The van der Waals surface area contributed by atoms with Gasteiger partial charge in [-0.2, -0.15) is 0 Å². The van der Waals surface area contributed by atoms with Crippen molar-refractivity contribution in [1.29, 1.82) is 0 Å². The molecular weight excluding hydrogens is 134 g/mol. The van der Waals surface area contributed by atoms with Crippen molar-refractivity contribution in [2.75, 3.05) is 0 Å². The minimum Gasteiger partial charge on any atom is -0.327 e. The van der Waals surface area contributed by atoms with Crippen LogP contribution in [0.25, 0.3) is 0 Å². The van der Waals surface area contributed by atoms with Crippen LogP contribution in [0.15, 0.2) is 0 Å². The lowest BCUT2D eigenvalue weighted by Gasteiger charge is -2.27. The zero-order valence-corrected chi connectivity index (χ0v) is 7.42. The van der Waals surface area contributed by atoms with Crippen LogP contribution in [-0.2, 0) is 0 Å². The molecular formula is C10H19N. The third kappa shape index (κ3) is 1.10. The predicted octanol–water partition coefficient (Wildman–Crippen LogP) is 2.16. The first-order valence-corrected chi connectivity index (χ1v) is 5.08. The molecule has 0 aromatic heterocycles. The van der Waals surface area contributed by atoms with E-state index >= 15 is 0 Å². The molecule has 64 valence electrons. The topological polar surface area (TPSA) is 26.0 Å². The maximum absolute atomic E-state index is 6.15. The molecule has 2 bridgehead atoms. The van der Waals surface area contributed by atoms with Crippen molar-refractivity contribution < 1.29 is 0 Å². The van der Waals surface area contributed by atoms with Gasteiger partial charge in [-0.1, -0.05) is 13.3 Å². The smallest absolute Gasteiger partial charge is 0.00983 e. The summed E-state index contributed by atoms with van der Waals surface area (Å²) in [6.45, 7) is 2.28. The Morgan fingerprint density at radius 1 is 1.27 bits per heavy atom. The highest BCUT2D eigenvalue weighted by molar-refractivity contribution is 4.98. The molecule has 2 fully saturated rings. The zero-order chi connectivity index (χ0) is 7.84. The van der Waals surface area contributed by atoms with Gasteiger partial charge in [0.2, 0.25) is 0 Å². The quantitative estimate of drug-likeness (QED) is 0.646. The summed E-state index contributed by atoms with van der Waals surface area (Å²) in [5, 5.41) is 0. The summed E-state index contributed by atoms with van der Waals surface area (Å²) >= 11 is 0. The second-order valence-corrected chi connectivity index (χ2v) is 4.36. The molecule has 0 unspecified atom stereocenters. The van der Waals surface area contributed by atoms with Crippen molar-refractivity contribution in [3.63, 3.8) is 0 Å². The molecule has 2 N–H and O–H groups in total. The van der Waals surface area contributed by atoms with Gasteiger partial charge in [-0.25, -0.2) is 0 Å². The SMILES string of the molecule is CCC[C@@H]1[C@@H]2CC[C@@H](C2)[C@H]1N. The van der Waals surface area contributed by atoms with Gasteiger partial charge in [-0.05, 0) is 43.4 Å². The lowest BCUT2D eigenvalue weighted by Crippen LogP contribution is -2.35. The minimum atomic E-state index is 0.564. The largest absolute Gasteiger partial charge is 0.327 e. The third-order valence-electron chi connectivity index (χ3n) is 3.78. The minimum absolute atomic E-state index is 0.564. The number of hydrogen-bond donors (Lipinski definition) is 1. The molecule has 0 aliphatic heterocycles. The Hall–Kier alpha value is -0.0400. The molecule has 0 spiro atoms. The van der Waals surface area contributed by atoms with Crippen LogP contribution in [0.1, 0.15) is 39.0 Å². The first-order chi connectivity index (χ1) is 5.33. The second kappa shape index (κ2) is 2.78. The van der Waals surface area contributed by atoms with Gasteiger partial charge >= 0.3 is 0 Å². The Morgan fingerprint density at radius 2 is 2.00 bits per heavy atom. The van der Waals surface area contributed by atoms with Crippen molar-refractivity contribution in [3.8, 4) is 0 Å². The van der Waals surface area contributed by atoms with Crippen LogP contribution < -0.4 is 5.73 Å². The molecule has 2 saturated carbocycles. The monoisotopic (exact) mass is 153 g/mol. The molecule has 0 radical (unpaired) electrons. The van der Waals surface area contributed by atoms with Crippen molar-refractivity contribution in [1.82, 2.24) is 0 Å². The van der Waals surface area contributed by atoms with E-state index in [9.17, 15) is 0 Å². The second-order valence-electron chi connectivity index (χ2n) is 4.36. The predicted molar refractivity (Wildman–Crippen MR) is 47.2 cm³/mol. The fraction of sp³-hybridized carbons (Fsp3) is 1.00. The van der Waals surface area contributed by atoms with Crippen LogP contribution in [0.2, 0.25) is 0 Å². The highest BCUT2D eigenvalue weighted by Gasteiger charge is 2.44. The van der Waals surface area contributed by atoms with Crippen molar-refractivity contribution >= 4 is 0 Å². The summed E-state index contributed by atoms with van der Waals surface area (Å²) in [7, 11) is 0. The first-order valence-electron chi connectivity index (χ1n) is 5.08. The molecule has 0 aromatic carbocycles. The van der Waals surface area contributed by atoms with E-state index in [1.807, 2.05) is 0 Å². The van der Waals surface area contributed by atoms with Crippen molar-refractivity contribution in [2.45, 2.75) is 45.1 Å². The van der Waals surface area contributed by atoms with Gasteiger partial charge in [0, 0.05) is 6.04 Å². The Morgan fingerprint density at radius 3 is 2.55 bits per heavy atom. The Labute approximate surface area is 69.4 Å². The molecule has 0 aromatic rings. The third-order valence-corrected chi connectivity index (χ3v) is 3.78. The summed E-state index contributed by atoms with van der Waals surface area (Å²) in [5.41, 5.74) is 6.15. The van der Waals surface area contributed by atoms with E-state index < -0.39 is 0 Å². The summed E-state index contributed by atoms with van der Waals surface area (Å²) in [6, 6.07) is 0.564. The maximum atomic E-state index is 6.15. The standard InChI is InChI=1S/C10H19N/c1-2-3-9-7-4-5-8(6-7)10(9)11/h7-10H,2-6,11H2,1H3/t7-,8+,9-,10-/m1/s1. The molecule has 2 aliphatic carbocycles. The van der Waals surface area contributed by atoms with Gasteiger partial charge in [0.05, 0.1) is 0 Å². The van der Waals surface area contributed by atoms with Crippen LogP contribution in [0.5, 0.6) is 0 Å². The lowest BCUT2D eigenvalue weighted by molar-refractivity contribution is 0.271. The summed E-state index contributed by atoms with van der Waals surface area (Å²) < 4.78 is 0. The molecule has 0 amide bonds. The van der Waals surface area contributed by atoms with E-state index in [1.54, 1.807) is 0 Å². The first kappa shape index (κ1) is 7.60. The van der Waals surface area contributed by atoms with Gasteiger partial charge in [-0.15, -0.1) is 0 Å². The number of rotatable bonds is 2. The van der Waals surface area contributed by atoms with Gasteiger partial charge in [-0.3, -0.25) is 0 Å². The van der Waals surface area contributed by atoms with Gasteiger partial charge in [0.1, 0.15) is 0 Å². The Bertz CT molecular complexity index is 142. The highest BCUT2D eigenvalue weighted by atomic mass is 14.7. The molecule has 11 heavy (non-hydrogen) atoms. The summed E-state index contributed by atoms with van der Waals surface area (Å²) in [6.07, 6.45) is 7.05. The van der Waals surface area contributed by atoms with Crippen molar-refractivity contribution in [2.24, 2.45) is 23.5 Å². The van der Waals surface area contributed by atoms with Gasteiger partial charge in [0.15, 0.2) is 0 Å². The highest BCUT2D eigenvalue weighted by Crippen LogP contribution is 2.49. The Kier molecular flexibility index (Phi) is 1.92. The van der Waals surface area contributed by atoms with E-state index in [2.05, 4.69) is 6.92 Å². The van der Waals surface area contributed by atoms with E-state index in [-0.39, 0.29) is 0 Å². The van der Waals surface area contributed by atoms with E-state index in [4.69, 9.17) is 5.73 Å². The fourth-order valence-corrected chi connectivity index (χ4v) is 3.22. The average molecular weight is 153 g/mol. The van der Waals surface area contributed by atoms with E-state index in [1.165, 1.54) is 32.1 Å². The van der Waals surface area contributed by atoms with E-state index in [0.29, 0.717) is 6.04 Å². The van der Waals surface area contributed by atoms with Crippen molar-refractivity contribution in [3.05, 3.63) is 0 Å². The summed E-state index contributed by atoms with van der Waals surface area (Å²) in [4.78, 5) is 0. The molecule has 0 heterocycles. The lowest BCUT2D eigenvalue weighted by atomic mass is 9.82. The summed E-state index contributed by atoms with van der Waals surface area (Å²) in [5.74, 6) is 2.80. The van der Waals surface area contributed by atoms with Gasteiger partial charge < -0.3 is 5.73 Å². The zero-order valence-electron chi connectivity index (χ0n) is 7.42. The normalized spacial score (nSPS) is 48.5. The molecule has 2 rings (SSSR count). The van der Waals surface area contributed by atoms with Crippen LogP contribution in [0.3, 0.4) is 0 Å². The molecule has 0 saturated heterocycles. The van der Waals surface area contributed by atoms with Crippen LogP contribution >= 0.6 is 0 Å². The average Bonchev–Trinajstić information content (AvgIpc) is 2.54. The van der Waals surface area contributed by atoms with E-state index in [0.717, 1.165) is 17.8 Å². The molecule has 2 aliphatic rings. The molecule has 1 heteroatoms. The maximum Gasteiger partial charge on any atom is 0.00983 e. The fourth-order valence-electron chi connectivity index (χ4n) is 3.22.